The van der Waals surface area contributed by atoms with Crippen LogP contribution in [0, 0.1) is 5.92 Å². The molecule has 1 saturated carbocycles. The van der Waals surface area contributed by atoms with Crippen LogP contribution in [0.3, 0.4) is 0 Å². The molecule has 0 aromatic rings. The average Bonchev–Trinajstić information content (AvgIpc) is 2.61. The Morgan fingerprint density at radius 1 is 1.41 bits per heavy atom. The zero-order chi connectivity index (χ0) is 12.9. The summed E-state index contributed by atoms with van der Waals surface area (Å²) in [6.45, 7) is 10.2. The zero-order valence-electron chi connectivity index (χ0n) is 11.9. The molecule has 0 saturated heterocycles. The first-order valence-corrected chi connectivity index (χ1v) is 7.92. The van der Waals surface area contributed by atoms with Gasteiger partial charge in [0.15, 0.2) is 0 Å². The van der Waals surface area contributed by atoms with Gasteiger partial charge >= 0.3 is 0 Å². The highest BCUT2D eigenvalue weighted by atomic mass is 32.2. The zero-order valence-corrected chi connectivity index (χ0v) is 12.7. The Kier molecular flexibility index (Phi) is 5.81. The number of aliphatic hydroxyl groups excluding tert-OH is 1. The summed E-state index contributed by atoms with van der Waals surface area (Å²) in [6, 6.07) is 0. The predicted octanol–water partition coefficient (Wildman–Crippen LogP) is 3.05. The molecule has 0 amide bonds. The lowest BCUT2D eigenvalue weighted by molar-refractivity contribution is 0.124. The first kappa shape index (κ1) is 15.3. The predicted molar refractivity (Wildman–Crippen MR) is 77.7 cm³/mol. The molecule has 102 valence electrons. The maximum absolute atomic E-state index is 9.71. The summed E-state index contributed by atoms with van der Waals surface area (Å²) < 4.78 is 0.360. The molecule has 1 fully saturated rings. The molecule has 1 rings (SSSR count). The molecular formula is C14H29NOS. The average molecular weight is 259 g/mol. The van der Waals surface area contributed by atoms with E-state index in [-0.39, 0.29) is 5.54 Å². The van der Waals surface area contributed by atoms with Gasteiger partial charge in [-0.3, -0.25) is 0 Å². The van der Waals surface area contributed by atoms with Gasteiger partial charge in [0.25, 0.3) is 0 Å². The Morgan fingerprint density at radius 3 is 2.65 bits per heavy atom. The third kappa shape index (κ3) is 4.46. The monoisotopic (exact) mass is 259 g/mol. The molecule has 2 nitrogen and oxygen atoms in total. The van der Waals surface area contributed by atoms with Crippen molar-refractivity contribution in [3.63, 3.8) is 0 Å². The second kappa shape index (κ2) is 6.44. The van der Waals surface area contributed by atoms with E-state index in [1.54, 1.807) is 0 Å². The second-order valence-corrected chi connectivity index (χ2v) is 8.10. The minimum absolute atomic E-state index is 0.0210. The highest BCUT2D eigenvalue weighted by Gasteiger charge is 2.41. The van der Waals surface area contributed by atoms with E-state index in [1.165, 1.54) is 25.0 Å². The Balaban J connectivity index is 2.45. The molecular weight excluding hydrogens is 230 g/mol. The smallest absolute Gasteiger partial charge is 0.0616 e. The van der Waals surface area contributed by atoms with Crippen LogP contribution in [-0.4, -0.2) is 34.3 Å². The normalized spacial score (nSPS) is 29.8. The van der Waals surface area contributed by atoms with Crippen molar-refractivity contribution in [3.8, 4) is 0 Å². The maximum Gasteiger partial charge on any atom is 0.0616 e. The molecule has 0 spiro atoms. The van der Waals surface area contributed by atoms with Crippen molar-refractivity contribution >= 4 is 11.8 Å². The standard InChI is InChI=1S/C14H29NOS/c1-5-15-14(11-16)9-6-7-12(14)8-10-17-13(2,3)4/h12,15-16H,5-11H2,1-4H3. The van der Waals surface area contributed by atoms with Crippen LogP contribution in [0.1, 0.15) is 53.4 Å². The van der Waals surface area contributed by atoms with E-state index in [4.69, 9.17) is 0 Å². The van der Waals surface area contributed by atoms with E-state index in [1.807, 2.05) is 11.8 Å². The Hall–Kier alpha value is 0.270. The van der Waals surface area contributed by atoms with Gasteiger partial charge in [0, 0.05) is 10.3 Å². The number of aliphatic hydroxyl groups is 1. The first-order valence-electron chi connectivity index (χ1n) is 6.93. The number of rotatable bonds is 6. The van der Waals surface area contributed by atoms with E-state index >= 15 is 0 Å². The molecule has 0 aromatic carbocycles. The Bertz CT molecular complexity index is 227. The topological polar surface area (TPSA) is 32.3 Å². The fraction of sp³-hybridized carbons (Fsp3) is 1.00. The van der Waals surface area contributed by atoms with Crippen LogP contribution in [-0.2, 0) is 0 Å². The number of hydrogen-bond donors (Lipinski definition) is 2. The Labute approximate surface area is 111 Å². The van der Waals surface area contributed by atoms with Crippen LogP contribution < -0.4 is 5.32 Å². The molecule has 2 N–H and O–H groups in total. The molecule has 0 heterocycles. The molecule has 0 aromatic heterocycles. The fourth-order valence-electron chi connectivity index (χ4n) is 2.92. The third-order valence-corrected chi connectivity index (χ3v) is 5.08. The first-order chi connectivity index (χ1) is 7.93. The van der Waals surface area contributed by atoms with Crippen LogP contribution in [0.5, 0.6) is 0 Å². The molecule has 1 aliphatic carbocycles. The summed E-state index contributed by atoms with van der Waals surface area (Å²) in [5.74, 6) is 1.86. The highest BCUT2D eigenvalue weighted by molar-refractivity contribution is 8.00. The summed E-state index contributed by atoms with van der Waals surface area (Å²) in [4.78, 5) is 0. The van der Waals surface area contributed by atoms with Crippen LogP contribution in [0.2, 0.25) is 0 Å². The van der Waals surface area contributed by atoms with Gasteiger partial charge in [0.2, 0.25) is 0 Å². The van der Waals surface area contributed by atoms with Gasteiger partial charge in [-0.1, -0.05) is 34.1 Å². The molecule has 3 heteroatoms. The summed E-state index contributed by atoms with van der Waals surface area (Å²) in [5, 5.41) is 13.3. The number of nitrogens with one attached hydrogen (secondary N) is 1. The van der Waals surface area contributed by atoms with Crippen LogP contribution in [0.4, 0.5) is 0 Å². The summed E-state index contributed by atoms with van der Waals surface area (Å²) in [7, 11) is 0. The molecule has 2 atom stereocenters. The van der Waals surface area contributed by atoms with Crippen molar-refractivity contribution < 1.29 is 5.11 Å². The molecule has 0 bridgehead atoms. The van der Waals surface area contributed by atoms with E-state index in [2.05, 4.69) is 33.0 Å². The molecule has 0 radical (unpaired) electrons. The lowest BCUT2D eigenvalue weighted by atomic mass is 9.86. The molecule has 2 unspecified atom stereocenters. The summed E-state index contributed by atoms with van der Waals surface area (Å²) >= 11 is 2.04. The SMILES string of the molecule is CCNC1(CO)CCCC1CCSC(C)(C)C. The molecule has 1 aliphatic rings. The van der Waals surface area contributed by atoms with Gasteiger partial charge in [-0.2, -0.15) is 11.8 Å². The largest absolute Gasteiger partial charge is 0.394 e. The highest BCUT2D eigenvalue weighted by Crippen LogP contribution is 2.39. The van der Waals surface area contributed by atoms with Gasteiger partial charge in [0.05, 0.1) is 6.61 Å². The van der Waals surface area contributed by atoms with Crippen LogP contribution in [0.25, 0.3) is 0 Å². The van der Waals surface area contributed by atoms with Gasteiger partial charge in [-0.25, -0.2) is 0 Å². The number of likely N-dealkylation sites (N-methyl/N-ethyl adjacent to an activating group) is 1. The van der Waals surface area contributed by atoms with Gasteiger partial charge in [0.1, 0.15) is 0 Å². The van der Waals surface area contributed by atoms with Crippen LogP contribution >= 0.6 is 11.8 Å². The lowest BCUT2D eigenvalue weighted by Crippen LogP contribution is -2.51. The minimum atomic E-state index is 0.0210. The van der Waals surface area contributed by atoms with E-state index in [0.717, 1.165) is 13.0 Å². The third-order valence-electron chi connectivity index (χ3n) is 3.77. The molecule has 0 aliphatic heterocycles. The second-order valence-electron chi connectivity index (χ2n) is 6.18. The van der Waals surface area contributed by atoms with Crippen LogP contribution in [0.15, 0.2) is 0 Å². The van der Waals surface area contributed by atoms with Crippen molar-refractivity contribution in [2.75, 3.05) is 18.9 Å². The summed E-state index contributed by atoms with van der Waals surface area (Å²) in [6.07, 6.45) is 4.91. The minimum Gasteiger partial charge on any atom is -0.394 e. The van der Waals surface area contributed by atoms with Gasteiger partial charge in [-0.15, -0.1) is 0 Å². The lowest BCUT2D eigenvalue weighted by Gasteiger charge is -2.35. The van der Waals surface area contributed by atoms with Crippen molar-refractivity contribution in [3.05, 3.63) is 0 Å². The van der Waals surface area contributed by atoms with Gasteiger partial charge in [-0.05, 0) is 37.5 Å². The quantitative estimate of drug-likeness (QED) is 0.769. The molecule has 17 heavy (non-hydrogen) atoms. The number of hydrogen-bond acceptors (Lipinski definition) is 3. The van der Waals surface area contributed by atoms with Crippen molar-refractivity contribution in [2.45, 2.75) is 63.7 Å². The van der Waals surface area contributed by atoms with Crippen molar-refractivity contribution in [1.82, 2.24) is 5.32 Å². The van der Waals surface area contributed by atoms with E-state index in [0.29, 0.717) is 17.3 Å². The number of thioether (sulfide) groups is 1. The summed E-state index contributed by atoms with van der Waals surface area (Å²) in [5.41, 5.74) is 0.0210. The van der Waals surface area contributed by atoms with Gasteiger partial charge < -0.3 is 10.4 Å². The Morgan fingerprint density at radius 2 is 2.12 bits per heavy atom. The van der Waals surface area contributed by atoms with E-state index in [9.17, 15) is 5.11 Å². The maximum atomic E-state index is 9.71. The van der Waals surface area contributed by atoms with Crippen molar-refractivity contribution in [1.29, 1.82) is 0 Å². The van der Waals surface area contributed by atoms with E-state index < -0.39 is 0 Å². The van der Waals surface area contributed by atoms with Crippen molar-refractivity contribution in [2.24, 2.45) is 5.92 Å². The fourth-order valence-corrected chi connectivity index (χ4v) is 3.94.